The van der Waals surface area contributed by atoms with Gasteiger partial charge in [-0.3, -0.25) is 0 Å². The molecule has 0 N–H and O–H groups in total. The number of rotatable bonds is 2. The number of halogens is 2. The molecule has 0 bridgehead atoms. The van der Waals surface area contributed by atoms with E-state index in [0.717, 1.165) is 21.2 Å². The van der Waals surface area contributed by atoms with Crippen molar-refractivity contribution in [1.82, 2.24) is 0 Å². The number of esters is 1. The van der Waals surface area contributed by atoms with Crippen molar-refractivity contribution in [1.29, 1.82) is 0 Å². The van der Waals surface area contributed by atoms with Crippen LogP contribution in [0.15, 0.2) is 40.9 Å². The highest BCUT2D eigenvalue weighted by Crippen LogP contribution is 2.31. The smallest absolute Gasteiger partial charge is 0.337 e. The number of carbonyl (C=O) groups excluding carboxylic acids is 1. The Morgan fingerprint density at radius 2 is 1.84 bits per heavy atom. The van der Waals surface area contributed by atoms with E-state index in [1.807, 2.05) is 37.3 Å². The van der Waals surface area contributed by atoms with Gasteiger partial charge >= 0.3 is 5.97 Å². The molecule has 98 valence electrons. The molecule has 0 radical (unpaired) electrons. The van der Waals surface area contributed by atoms with Crippen LogP contribution in [0.25, 0.3) is 11.1 Å². The molecule has 0 heterocycles. The van der Waals surface area contributed by atoms with Crippen molar-refractivity contribution in [2.45, 2.75) is 6.92 Å². The van der Waals surface area contributed by atoms with Crippen LogP contribution in [0.1, 0.15) is 15.9 Å². The maximum absolute atomic E-state index is 11.7. The minimum Gasteiger partial charge on any atom is -0.465 e. The lowest BCUT2D eigenvalue weighted by Gasteiger charge is -2.11. The van der Waals surface area contributed by atoms with E-state index in [4.69, 9.17) is 16.3 Å². The van der Waals surface area contributed by atoms with Crippen LogP contribution in [0.4, 0.5) is 0 Å². The lowest BCUT2D eigenvalue weighted by molar-refractivity contribution is 0.0600. The van der Waals surface area contributed by atoms with Crippen LogP contribution in [0, 0.1) is 6.92 Å². The summed E-state index contributed by atoms with van der Waals surface area (Å²) in [5, 5.41) is 0.685. The summed E-state index contributed by atoms with van der Waals surface area (Å²) in [5.41, 5.74) is 3.57. The lowest BCUT2D eigenvalue weighted by atomic mass is 9.98. The molecule has 0 saturated heterocycles. The number of methoxy groups -OCH3 is 1. The van der Waals surface area contributed by atoms with Crippen LogP contribution in [-0.4, -0.2) is 13.1 Å². The summed E-state index contributed by atoms with van der Waals surface area (Å²) in [6, 6.07) is 11.1. The molecule has 0 aliphatic carbocycles. The van der Waals surface area contributed by atoms with Gasteiger partial charge < -0.3 is 4.74 Å². The molecule has 0 aromatic heterocycles. The molecule has 2 aromatic rings. The van der Waals surface area contributed by atoms with Crippen molar-refractivity contribution in [3.63, 3.8) is 0 Å². The Kier molecular flexibility index (Phi) is 4.27. The monoisotopic (exact) mass is 338 g/mol. The van der Waals surface area contributed by atoms with E-state index in [0.29, 0.717) is 10.6 Å². The van der Waals surface area contributed by atoms with Gasteiger partial charge in [0.05, 0.1) is 12.7 Å². The van der Waals surface area contributed by atoms with Crippen molar-refractivity contribution in [2.75, 3.05) is 7.11 Å². The fourth-order valence-electron chi connectivity index (χ4n) is 1.84. The zero-order valence-corrected chi connectivity index (χ0v) is 12.9. The van der Waals surface area contributed by atoms with Crippen molar-refractivity contribution < 1.29 is 9.53 Å². The molecule has 0 fully saturated rings. The van der Waals surface area contributed by atoms with Gasteiger partial charge in [-0.25, -0.2) is 4.79 Å². The van der Waals surface area contributed by atoms with E-state index in [9.17, 15) is 4.79 Å². The summed E-state index contributed by atoms with van der Waals surface area (Å²) in [4.78, 5) is 11.7. The predicted molar refractivity (Wildman–Crippen MR) is 80.7 cm³/mol. The van der Waals surface area contributed by atoms with Gasteiger partial charge in [0.1, 0.15) is 0 Å². The standard InChI is InChI=1S/C15H12BrClO2/c1-9-13(10-3-5-12(17)6-4-10)7-11(8-14(9)16)15(18)19-2/h3-8H,1-2H3. The second-order valence-corrected chi connectivity index (χ2v) is 5.42. The van der Waals surface area contributed by atoms with Gasteiger partial charge in [-0.15, -0.1) is 0 Å². The summed E-state index contributed by atoms with van der Waals surface area (Å²) in [6.07, 6.45) is 0. The van der Waals surface area contributed by atoms with E-state index >= 15 is 0 Å². The van der Waals surface area contributed by atoms with E-state index < -0.39 is 0 Å². The van der Waals surface area contributed by atoms with E-state index in [1.54, 1.807) is 6.07 Å². The summed E-state index contributed by atoms with van der Waals surface area (Å²) in [7, 11) is 1.37. The minimum absolute atomic E-state index is 0.351. The minimum atomic E-state index is -0.351. The van der Waals surface area contributed by atoms with Crippen molar-refractivity contribution >= 4 is 33.5 Å². The largest absolute Gasteiger partial charge is 0.465 e. The molecule has 0 aliphatic heterocycles. The zero-order valence-electron chi connectivity index (χ0n) is 10.5. The number of ether oxygens (including phenoxy) is 1. The second kappa shape index (κ2) is 5.76. The molecule has 0 saturated carbocycles. The first-order valence-electron chi connectivity index (χ1n) is 5.67. The Hall–Kier alpha value is -1.32. The van der Waals surface area contributed by atoms with Gasteiger partial charge in [-0.1, -0.05) is 39.7 Å². The van der Waals surface area contributed by atoms with E-state index in [2.05, 4.69) is 15.9 Å². The van der Waals surface area contributed by atoms with Crippen molar-refractivity contribution in [3.05, 3.63) is 57.0 Å². The van der Waals surface area contributed by atoms with Gasteiger partial charge in [-0.2, -0.15) is 0 Å². The van der Waals surface area contributed by atoms with Gasteiger partial charge in [0.15, 0.2) is 0 Å². The Balaban J connectivity index is 2.58. The third kappa shape index (κ3) is 2.99. The van der Waals surface area contributed by atoms with Crippen LogP contribution in [0.5, 0.6) is 0 Å². The second-order valence-electron chi connectivity index (χ2n) is 4.13. The fourth-order valence-corrected chi connectivity index (χ4v) is 2.43. The Bertz CT molecular complexity index is 621. The van der Waals surface area contributed by atoms with E-state index in [1.165, 1.54) is 7.11 Å². The molecule has 0 unspecified atom stereocenters. The molecular weight excluding hydrogens is 328 g/mol. The lowest BCUT2D eigenvalue weighted by Crippen LogP contribution is -2.02. The van der Waals surface area contributed by atoms with Crippen molar-refractivity contribution in [2.24, 2.45) is 0 Å². The SMILES string of the molecule is COC(=O)c1cc(Br)c(C)c(-c2ccc(Cl)cc2)c1. The quantitative estimate of drug-likeness (QED) is 0.730. The molecule has 2 aromatic carbocycles. The Morgan fingerprint density at radius 1 is 1.21 bits per heavy atom. The molecule has 4 heteroatoms. The molecule has 0 aliphatic rings. The number of hydrogen-bond donors (Lipinski definition) is 0. The molecule has 0 atom stereocenters. The van der Waals surface area contributed by atoms with Crippen LogP contribution < -0.4 is 0 Å². The Labute approximate surface area is 125 Å². The molecule has 2 rings (SSSR count). The molecule has 19 heavy (non-hydrogen) atoms. The zero-order chi connectivity index (χ0) is 14.0. The predicted octanol–water partition coefficient (Wildman–Crippen LogP) is 4.86. The summed E-state index contributed by atoms with van der Waals surface area (Å²) >= 11 is 9.36. The topological polar surface area (TPSA) is 26.3 Å². The molecule has 2 nitrogen and oxygen atoms in total. The van der Waals surface area contributed by atoms with Crippen LogP contribution in [0.2, 0.25) is 5.02 Å². The first-order valence-corrected chi connectivity index (χ1v) is 6.84. The Morgan fingerprint density at radius 3 is 2.42 bits per heavy atom. The average molecular weight is 340 g/mol. The summed E-state index contributed by atoms with van der Waals surface area (Å²) in [6.45, 7) is 2.00. The highest BCUT2D eigenvalue weighted by molar-refractivity contribution is 9.10. The molecule has 0 spiro atoms. The maximum Gasteiger partial charge on any atom is 0.337 e. The van der Waals surface area contributed by atoms with Gasteiger partial charge in [0.2, 0.25) is 0 Å². The number of hydrogen-bond acceptors (Lipinski definition) is 2. The normalized spacial score (nSPS) is 10.3. The van der Waals surface area contributed by atoms with E-state index in [-0.39, 0.29) is 5.97 Å². The van der Waals surface area contributed by atoms with Gasteiger partial charge in [0.25, 0.3) is 0 Å². The first kappa shape index (κ1) is 14.1. The summed E-state index contributed by atoms with van der Waals surface area (Å²) in [5.74, 6) is -0.351. The van der Waals surface area contributed by atoms with Crippen molar-refractivity contribution in [3.8, 4) is 11.1 Å². The maximum atomic E-state index is 11.7. The molecular formula is C15H12BrClO2. The number of benzene rings is 2. The third-order valence-corrected chi connectivity index (χ3v) is 4.00. The highest BCUT2D eigenvalue weighted by Gasteiger charge is 2.12. The highest BCUT2D eigenvalue weighted by atomic mass is 79.9. The van der Waals surface area contributed by atoms with Crippen LogP contribution >= 0.6 is 27.5 Å². The average Bonchev–Trinajstić information content (AvgIpc) is 2.42. The molecule has 0 amide bonds. The first-order chi connectivity index (χ1) is 9.02. The van der Waals surface area contributed by atoms with Crippen LogP contribution in [-0.2, 0) is 4.74 Å². The number of carbonyl (C=O) groups is 1. The van der Waals surface area contributed by atoms with Crippen LogP contribution in [0.3, 0.4) is 0 Å². The third-order valence-electron chi connectivity index (χ3n) is 2.92. The van der Waals surface area contributed by atoms with Gasteiger partial charge in [-0.05, 0) is 47.9 Å². The summed E-state index contributed by atoms with van der Waals surface area (Å²) < 4.78 is 5.64. The fraction of sp³-hybridized carbons (Fsp3) is 0.133. The van der Waals surface area contributed by atoms with Gasteiger partial charge in [0, 0.05) is 9.50 Å².